The van der Waals surface area contributed by atoms with E-state index < -0.39 is 0 Å². The smallest absolute Gasteiger partial charge is 0.180 e. The van der Waals surface area contributed by atoms with E-state index in [1.54, 1.807) is 17.4 Å². The summed E-state index contributed by atoms with van der Waals surface area (Å²) in [7, 11) is 0. The molecule has 90 valence electrons. The van der Waals surface area contributed by atoms with E-state index in [0.29, 0.717) is 5.13 Å². The van der Waals surface area contributed by atoms with Crippen LogP contribution in [0.15, 0.2) is 41.8 Å². The number of nitrogens with two attached hydrogens (primary N) is 1. The van der Waals surface area contributed by atoms with E-state index in [9.17, 15) is 4.39 Å². The van der Waals surface area contributed by atoms with Gasteiger partial charge in [-0.1, -0.05) is 12.1 Å². The van der Waals surface area contributed by atoms with E-state index in [0.717, 1.165) is 21.0 Å². The molecule has 0 unspecified atom stereocenters. The number of hydrogen-bond acceptors (Lipinski definition) is 4. The molecular formula is C13H9FN2S2. The fourth-order valence-corrected chi connectivity index (χ4v) is 3.27. The average molecular weight is 276 g/mol. The predicted octanol–water partition coefficient (Wildman–Crippen LogP) is 4.26. The number of nitrogens with zero attached hydrogens (tertiary/aromatic N) is 1. The fraction of sp³-hybridized carbons (Fsp3) is 0. The number of aromatic nitrogens is 1. The number of anilines is 1. The largest absolute Gasteiger partial charge is 0.375 e. The van der Waals surface area contributed by atoms with Gasteiger partial charge in [-0.15, -0.1) is 22.7 Å². The molecule has 1 aromatic carbocycles. The van der Waals surface area contributed by atoms with Crippen molar-refractivity contribution in [2.24, 2.45) is 0 Å². The van der Waals surface area contributed by atoms with Crippen LogP contribution in [0.25, 0.3) is 21.0 Å². The summed E-state index contributed by atoms with van der Waals surface area (Å²) in [5.74, 6) is -0.222. The lowest BCUT2D eigenvalue weighted by Gasteiger charge is -1.96. The number of nitrogen functional groups attached to an aromatic ring is 1. The zero-order chi connectivity index (χ0) is 12.5. The molecule has 2 aromatic heterocycles. The van der Waals surface area contributed by atoms with Crippen LogP contribution in [0.2, 0.25) is 0 Å². The third-order valence-corrected chi connectivity index (χ3v) is 4.32. The summed E-state index contributed by atoms with van der Waals surface area (Å²) in [4.78, 5) is 6.31. The molecule has 0 aliphatic heterocycles. The Morgan fingerprint density at radius 2 is 1.94 bits per heavy atom. The Morgan fingerprint density at radius 3 is 2.67 bits per heavy atom. The van der Waals surface area contributed by atoms with Crippen LogP contribution in [0.1, 0.15) is 0 Å². The lowest BCUT2D eigenvalue weighted by molar-refractivity contribution is 0.628. The molecule has 2 N–H and O–H groups in total. The van der Waals surface area contributed by atoms with Gasteiger partial charge < -0.3 is 5.73 Å². The Balaban J connectivity index is 1.99. The first-order valence-electron chi connectivity index (χ1n) is 5.29. The molecule has 2 heterocycles. The second kappa shape index (κ2) is 4.51. The SMILES string of the molecule is Nc1nc(-c2ccc(-c3cccc(F)c3)s2)cs1. The minimum Gasteiger partial charge on any atom is -0.375 e. The topological polar surface area (TPSA) is 38.9 Å². The molecule has 0 fully saturated rings. The highest BCUT2D eigenvalue weighted by molar-refractivity contribution is 7.19. The van der Waals surface area contributed by atoms with Crippen molar-refractivity contribution in [2.45, 2.75) is 0 Å². The highest BCUT2D eigenvalue weighted by Crippen LogP contribution is 2.35. The van der Waals surface area contributed by atoms with Gasteiger partial charge in [0.15, 0.2) is 5.13 Å². The Bertz CT molecular complexity index is 688. The first kappa shape index (κ1) is 11.4. The molecule has 0 saturated carbocycles. The van der Waals surface area contributed by atoms with Crippen molar-refractivity contribution < 1.29 is 4.39 Å². The summed E-state index contributed by atoms with van der Waals surface area (Å²) in [6.45, 7) is 0. The van der Waals surface area contributed by atoms with Crippen LogP contribution < -0.4 is 5.73 Å². The van der Waals surface area contributed by atoms with Gasteiger partial charge in [-0.25, -0.2) is 9.37 Å². The molecule has 0 bridgehead atoms. The zero-order valence-corrected chi connectivity index (χ0v) is 10.9. The van der Waals surface area contributed by atoms with Crippen LogP contribution >= 0.6 is 22.7 Å². The number of halogens is 1. The number of thiophene rings is 1. The molecule has 0 spiro atoms. The van der Waals surface area contributed by atoms with Crippen molar-refractivity contribution in [1.82, 2.24) is 4.98 Å². The Hall–Kier alpha value is -1.72. The molecule has 18 heavy (non-hydrogen) atoms. The van der Waals surface area contributed by atoms with Crippen molar-refractivity contribution in [2.75, 3.05) is 5.73 Å². The van der Waals surface area contributed by atoms with Gasteiger partial charge in [-0.3, -0.25) is 0 Å². The fourth-order valence-electron chi connectivity index (χ4n) is 1.67. The first-order chi connectivity index (χ1) is 8.72. The molecular weight excluding hydrogens is 267 g/mol. The minimum atomic E-state index is -0.222. The molecule has 0 aliphatic carbocycles. The molecule has 5 heteroatoms. The second-order valence-corrected chi connectivity index (χ2v) is 5.72. The molecule has 3 rings (SSSR count). The molecule has 0 amide bonds. The van der Waals surface area contributed by atoms with E-state index in [1.807, 2.05) is 23.6 Å². The zero-order valence-electron chi connectivity index (χ0n) is 9.26. The second-order valence-electron chi connectivity index (χ2n) is 3.75. The molecule has 0 radical (unpaired) electrons. The monoisotopic (exact) mass is 276 g/mol. The summed E-state index contributed by atoms with van der Waals surface area (Å²) in [6, 6.07) is 10.5. The molecule has 3 aromatic rings. The van der Waals surface area contributed by atoms with Gasteiger partial charge >= 0.3 is 0 Å². The van der Waals surface area contributed by atoms with Gasteiger partial charge in [-0.2, -0.15) is 0 Å². The van der Waals surface area contributed by atoms with Crippen LogP contribution in [0.4, 0.5) is 9.52 Å². The number of rotatable bonds is 2. The summed E-state index contributed by atoms with van der Waals surface area (Å²) in [6.07, 6.45) is 0. The van der Waals surface area contributed by atoms with Crippen molar-refractivity contribution in [3.63, 3.8) is 0 Å². The number of benzene rings is 1. The van der Waals surface area contributed by atoms with Crippen molar-refractivity contribution >= 4 is 27.8 Å². The van der Waals surface area contributed by atoms with Gasteiger partial charge in [0.1, 0.15) is 5.82 Å². The Kier molecular flexibility index (Phi) is 2.85. The van der Waals surface area contributed by atoms with E-state index in [2.05, 4.69) is 4.98 Å². The van der Waals surface area contributed by atoms with Crippen LogP contribution in [0.3, 0.4) is 0 Å². The number of hydrogen-bond donors (Lipinski definition) is 1. The van der Waals surface area contributed by atoms with Gasteiger partial charge in [0.25, 0.3) is 0 Å². The molecule has 0 aliphatic rings. The predicted molar refractivity (Wildman–Crippen MR) is 75.2 cm³/mol. The van der Waals surface area contributed by atoms with E-state index in [1.165, 1.54) is 23.5 Å². The quantitative estimate of drug-likeness (QED) is 0.759. The van der Waals surface area contributed by atoms with Crippen molar-refractivity contribution in [1.29, 1.82) is 0 Å². The maximum atomic E-state index is 13.2. The van der Waals surface area contributed by atoms with Crippen LogP contribution in [0, 0.1) is 5.82 Å². The summed E-state index contributed by atoms with van der Waals surface area (Å²) in [5.41, 5.74) is 7.38. The third kappa shape index (κ3) is 2.14. The number of thiazole rings is 1. The maximum Gasteiger partial charge on any atom is 0.180 e. The van der Waals surface area contributed by atoms with Crippen LogP contribution in [0.5, 0.6) is 0 Å². The van der Waals surface area contributed by atoms with Gasteiger partial charge in [0, 0.05) is 10.3 Å². The van der Waals surface area contributed by atoms with Crippen LogP contribution in [-0.2, 0) is 0 Å². The maximum absolute atomic E-state index is 13.2. The molecule has 2 nitrogen and oxygen atoms in total. The van der Waals surface area contributed by atoms with Crippen molar-refractivity contribution in [3.8, 4) is 21.0 Å². The first-order valence-corrected chi connectivity index (χ1v) is 6.99. The van der Waals surface area contributed by atoms with Crippen molar-refractivity contribution in [3.05, 3.63) is 47.6 Å². The van der Waals surface area contributed by atoms with Crippen LogP contribution in [-0.4, -0.2) is 4.98 Å². The standard InChI is InChI=1S/C13H9FN2S2/c14-9-3-1-2-8(6-9)11-4-5-12(18-11)10-7-17-13(15)16-10/h1-7H,(H2,15,16). The summed E-state index contributed by atoms with van der Waals surface area (Å²) >= 11 is 3.00. The van der Waals surface area contributed by atoms with Gasteiger partial charge in [-0.05, 0) is 29.8 Å². The Labute approximate surface area is 112 Å². The highest BCUT2D eigenvalue weighted by Gasteiger charge is 2.08. The lowest BCUT2D eigenvalue weighted by Crippen LogP contribution is -1.80. The molecule has 0 atom stereocenters. The van der Waals surface area contributed by atoms with E-state index >= 15 is 0 Å². The van der Waals surface area contributed by atoms with E-state index in [-0.39, 0.29) is 5.82 Å². The normalized spacial score (nSPS) is 10.7. The van der Waals surface area contributed by atoms with Gasteiger partial charge in [0.05, 0.1) is 10.6 Å². The molecule has 0 saturated heterocycles. The average Bonchev–Trinajstić information content (AvgIpc) is 2.97. The van der Waals surface area contributed by atoms with E-state index in [4.69, 9.17) is 5.73 Å². The van der Waals surface area contributed by atoms with Gasteiger partial charge in [0.2, 0.25) is 0 Å². The highest BCUT2D eigenvalue weighted by atomic mass is 32.1. The lowest BCUT2D eigenvalue weighted by atomic mass is 10.2. The summed E-state index contributed by atoms with van der Waals surface area (Å²) < 4.78 is 13.2. The minimum absolute atomic E-state index is 0.222. The Morgan fingerprint density at radius 1 is 1.11 bits per heavy atom. The summed E-state index contributed by atoms with van der Waals surface area (Å²) in [5, 5.41) is 2.49. The third-order valence-electron chi connectivity index (χ3n) is 2.49.